The average molecular weight is 734 g/mol. The van der Waals surface area contributed by atoms with Gasteiger partial charge in [-0.25, -0.2) is 4.79 Å². The zero-order valence-corrected chi connectivity index (χ0v) is 30.4. The summed E-state index contributed by atoms with van der Waals surface area (Å²) >= 11 is 0. The van der Waals surface area contributed by atoms with Crippen LogP contribution in [0.2, 0.25) is 0 Å². The monoisotopic (exact) mass is 733 g/mol. The fourth-order valence-corrected chi connectivity index (χ4v) is 7.67. The number of hydrogen-bond donors (Lipinski definition) is 3. The van der Waals surface area contributed by atoms with Crippen molar-refractivity contribution in [2.24, 2.45) is 5.92 Å². The largest absolute Gasteiger partial charge is 0.445 e. The Morgan fingerprint density at radius 1 is 0.852 bits per heavy atom. The van der Waals surface area contributed by atoms with Crippen molar-refractivity contribution in [3.05, 3.63) is 131 Å². The van der Waals surface area contributed by atoms with Crippen molar-refractivity contribution in [2.75, 3.05) is 19.7 Å². The normalized spacial score (nSPS) is 24.5. The zero-order valence-electron chi connectivity index (χ0n) is 30.4. The first-order valence-corrected chi connectivity index (χ1v) is 18.7. The van der Waals surface area contributed by atoms with Crippen LogP contribution in [-0.4, -0.2) is 75.8 Å². The molecule has 0 aromatic heterocycles. The maximum Gasteiger partial charge on any atom is 0.408 e. The van der Waals surface area contributed by atoms with Gasteiger partial charge in [0.05, 0.1) is 38.4 Å². The molecule has 3 aliphatic heterocycles. The van der Waals surface area contributed by atoms with Crippen molar-refractivity contribution >= 4 is 17.9 Å². The first-order valence-electron chi connectivity index (χ1n) is 18.7. The van der Waals surface area contributed by atoms with Crippen molar-refractivity contribution < 1.29 is 38.8 Å². The second-order valence-electron chi connectivity index (χ2n) is 14.4. The molecule has 6 atom stereocenters. The number of imide groups is 1. The van der Waals surface area contributed by atoms with Gasteiger partial charge in [-0.2, -0.15) is 0 Å². The molecular weight excluding hydrogens is 686 g/mol. The molecule has 282 valence electrons. The van der Waals surface area contributed by atoms with Crippen LogP contribution in [0.25, 0.3) is 11.1 Å². The molecule has 3 amide bonds. The summed E-state index contributed by atoms with van der Waals surface area (Å²) in [4.78, 5) is 42.1. The summed E-state index contributed by atoms with van der Waals surface area (Å²) in [5.41, 5.74) is 6.08. The molecule has 0 saturated carbocycles. The molecule has 0 aliphatic carbocycles. The lowest BCUT2D eigenvalue weighted by atomic mass is 9.89. The molecule has 11 heteroatoms. The molecule has 11 nitrogen and oxygen atoms in total. The Bertz CT molecular complexity index is 1920. The van der Waals surface area contributed by atoms with Crippen LogP contribution >= 0.6 is 0 Å². The predicted octanol–water partition coefficient (Wildman–Crippen LogP) is 5.65. The number of carbonyl (C=O) groups excluding carboxylic acids is 3. The lowest BCUT2D eigenvalue weighted by Gasteiger charge is -2.43. The van der Waals surface area contributed by atoms with Crippen molar-refractivity contribution in [3.63, 3.8) is 0 Å². The molecule has 0 radical (unpaired) electrons. The van der Waals surface area contributed by atoms with Gasteiger partial charge >= 0.3 is 6.09 Å². The summed E-state index contributed by atoms with van der Waals surface area (Å²) in [5.74, 6) is -0.818. The maximum atomic E-state index is 13.2. The Labute approximate surface area is 315 Å². The van der Waals surface area contributed by atoms with Gasteiger partial charge in [0.15, 0.2) is 6.29 Å². The Morgan fingerprint density at radius 2 is 1.59 bits per heavy atom. The minimum absolute atomic E-state index is 0.0202. The molecule has 3 aliphatic rings. The molecule has 0 bridgehead atoms. The SMILES string of the molecule is C[C@H]1[C@@H](CN2CCC[C@H]2CO)O[C@@H](c2cccc(-c3cccc(CN4C(=O)CC(NC(=O)OCc5ccccc5)C4=O)c3)c2)O[C@H]1c1ccc(CO)cc1. The third kappa shape index (κ3) is 8.56. The lowest BCUT2D eigenvalue weighted by molar-refractivity contribution is -0.276. The summed E-state index contributed by atoms with van der Waals surface area (Å²) in [6, 6.07) is 31.9. The third-order valence-electron chi connectivity index (χ3n) is 10.8. The molecule has 54 heavy (non-hydrogen) atoms. The number of hydrogen-bond acceptors (Lipinski definition) is 9. The number of likely N-dealkylation sites (tertiary alicyclic amines) is 2. The topological polar surface area (TPSA) is 138 Å². The summed E-state index contributed by atoms with van der Waals surface area (Å²) in [6.45, 7) is 3.95. The molecule has 4 aromatic carbocycles. The van der Waals surface area contributed by atoms with Gasteiger partial charge in [-0.3, -0.25) is 19.4 Å². The molecule has 3 saturated heterocycles. The number of rotatable bonds is 12. The number of nitrogens with zero attached hydrogens (tertiary/aromatic N) is 2. The highest BCUT2D eigenvalue weighted by molar-refractivity contribution is 6.06. The summed E-state index contributed by atoms with van der Waals surface area (Å²) in [5, 5.41) is 22.2. The number of alkyl carbamates (subject to hydrolysis) is 1. The van der Waals surface area contributed by atoms with Crippen LogP contribution in [0.5, 0.6) is 0 Å². The van der Waals surface area contributed by atoms with Gasteiger partial charge in [-0.1, -0.05) is 97.9 Å². The second kappa shape index (κ2) is 17.0. The Balaban J connectivity index is 1.05. The fraction of sp³-hybridized carbons (Fsp3) is 0.372. The van der Waals surface area contributed by atoms with Gasteiger partial charge < -0.3 is 29.7 Å². The summed E-state index contributed by atoms with van der Waals surface area (Å²) in [7, 11) is 0. The number of aliphatic hydroxyl groups excluding tert-OH is 2. The van der Waals surface area contributed by atoms with Crippen LogP contribution in [0, 0.1) is 5.92 Å². The standard InChI is InChI=1S/C43H47N3O8/c1-28-38(24-45-19-7-14-36(45)26-48)53-42(54-40(28)32-17-15-29(25-47)16-18-32)35-13-6-12-34(21-35)33-11-5-10-31(20-33)23-46-39(49)22-37(41(46)50)44-43(51)52-27-30-8-3-2-4-9-30/h2-6,8-13,15-18,20-21,28,36-38,40,42,47-48H,7,14,19,22-27H2,1H3,(H,44,51)/t28-,36-,37?,38+,40+,42+/m0/s1. The van der Waals surface area contributed by atoms with E-state index in [2.05, 4.69) is 17.1 Å². The quantitative estimate of drug-likeness (QED) is 0.158. The van der Waals surface area contributed by atoms with Gasteiger partial charge in [0.2, 0.25) is 5.91 Å². The van der Waals surface area contributed by atoms with E-state index in [1.807, 2.05) is 103 Å². The first-order chi connectivity index (χ1) is 26.3. The minimum Gasteiger partial charge on any atom is -0.445 e. The average Bonchev–Trinajstić information content (AvgIpc) is 3.77. The molecule has 1 unspecified atom stereocenters. The van der Waals surface area contributed by atoms with E-state index in [1.54, 1.807) is 0 Å². The summed E-state index contributed by atoms with van der Waals surface area (Å²) in [6.07, 6.45) is 0.0421. The molecular formula is C43H47N3O8. The first kappa shape index (κ1) is 37.4. The Hall–Kier alpha value is -4.91. The second-order valence-corrected chi connectivity index (χ2v) is 14.4. The van der Waals surface area contributed by atoms with Crippen LogP contribution in [0.4, 0.5) is 4.79 Å². The zero-order chi connectivity index (χ0) is 37.6. The van der Waals surface area contributed by atoms with Gasteiger partial charge in [0.25, 0.3) is 5.91 Å². The fourth-order valence-electron chi connectivity index (χ4n) is 7.67. The van der Waals surface area contributed by atoms with Crippen LogP contribution in [0.1, 0.15) is 66.4 Å². The van der Waals surface area contributed by atoms with E-state index < -0.39 is 24.3 Å². The van der Waals surface area contributed by atoms with Crippen LogP contribution in [-0.2, 0) is 43.6 Å². The van der Waals surface area contributed by atoms with Crippen molar-refractivity contribution in [2.45, 2.75) is 76.5 Å². The predicted molar refractivity (Wildman–Crippen MR) is 200 cm³/mol. The molecule has 7 rings (SSSR count). The maximum absolute atomic E-state index is 13.2. The third-order valence-corrected chi connectivity index (χ3v) is 10.8. The van der Waals surface area contributed by atoms with E-state index in [9.17, 15) is 24.6 Å². The Morgan fingerprint density at radius 3 is 2.35 bits per heavy atom. The van der Waals surface area contributed by atoms with Crippen molar-refractivity contribution in [1.29, 1.82) is 0 Å². The number of amides is 3. The van der Waals surface area contributed by atoms with Crippen molar-refractivity contribution in [1.82, 2.24) is 15.1 Å². The molecule has 3 N–H and O–H groups in total. The number of benzene rings is 4. The van der Waals surface area contributed by atoms with Gasteiger partial charge in [-0.05, 0) is 64.9 Å². The highest BCUT2D eigenvalue weighted by atomic mass is 16.7. The van der Waals surface area contributed by atoms with E-state index in [0.29, 0.717) is 6.54 Å². The highest BCUT2D eigenvalue weighted by Crippen LogP contribution is 2.43. The van der Waals surface area contributed by atoms with E-state index in [4.69, 9.17) is 14.2 Å². The van der Waals surface area contributed by atoms with E-state index in [0.717, 1.165) is 58.3 Å². The number of carbonyl (C=O) groups is 3. The van der Waals surface area contributed by atoms with Gasteiger partial charge in [-0.15, -0.1) is 0 Å². The van der Waals surface area contributed by atoms with Crippen LogP contribution < -0.4 is 5.32 Å². The van der Waals surface area contributed by atoms with Gasteiger partial charge in [0, 0.05) is 24.1 Å². The molecule has 3 fully saturated rings. The number of ether oxygens (including phenoxy) is 3. The Kier molecular flexibility index (Phi) is 11.8. The summed E-state index contributed by atoms with van der Waals surface area (Å²) < 4.78 is 18.7. The van der Waals surface area contributed by atoms with Gasteiger partial charge in [0.1, 0.15) is 12.6 Å². The van der Waals surface area contributed by atoms with Crippen molar-refractivity contribution in [3.8, 4) is 11.1 Å². The number of aliphatic hydroxyl groups is 2. The van der Waals surface area contributed by atoms with Crippen LogP contribution in [0.3, 0.4) is 0 Å². The van der Waals surface area contributed by atoms with Crippen LogP contribution in [0.15, 0.2) is 103 Å². The minimum atomic E-state index is -0.987. The highest BCUT2D eigenvalue weighted by Gasteiger charge is 2.41. The van der Waals surface area contributed by atoms with E-state index >= 15 is 0 Å². The molecule has 0 spiro atoms. The van der Waals surface area contributed by atoms with E-state index in [-0.39, 0.29) is 62.9 Å². The van der Waals surface area contributed by atoms with E-state index in [1.165, 1.54) is 4.90 Å². The number of nitrogens with one attached hydrogen (secondary N) is 1. The smallest absolute Gasteiger partial charge is 0.408 e. The molecule has 3 heterocycles. The molecule has 4 aromatic rings. The lowest BCUT2D eigenvalue weighted by Crippen LogP contribution is -2.46.